The zero-order valence-electron chi connectivity index (χ0n) is 11.2. The van der Waals surface area contributed by atoms with Gasteiger partial charge in [0, 0.05) is 13.2 Å². The average Bonchev–Trinajstić information content (AvgIpc) is 2.34. The van der Waals surface area contributed by atoms with Gasteiger partial charge in [0.05, 0.1) is 13.3 Å². The van der Waals surface area contributed by atoms with E-state index in [0.29, 0.717) is 11.9 Å². The molecule has 18 heavy (non-hydrogen) atoms. The van der Waals surface area contributed by atoms with Crippen molar-refractivity contribution in [2.45, 2.75) is 6.92 Å². The second-order valence-corrected chi connectivity index (χ2v) is 8.46. The fourth-order valence-corrected chi connectivity index (χ4v) is 2.87. The third-order valence-corrected chi connectivity index (χ3v) is 6.99. The molecule has 8 heteroatoms. The number of hydrogen-bond acceptors (Lipinski definition) is 5. The molecule has 0 aliphatic carbocycles. The molecule has 0 bridgehead atoms. The highest BCUT2D eigenvalue weighted by Crippen LogP contribution is 2.49. The van der Waals surface area contributed by atoms with Crippen LogP contribution in [0.5, 0.6) is 11.5 Å². The Kier molecular flexibility index (Phi) is 4.90. The molecule has 0 saturated carbocycles. The van der Waals surface area contributed by atoms with Gasteiger partial charge in [-0.2, -0.15) is 5.10 Å². The van der Waals surface area contributed by atoms with Crippen molar-refractivity contribution in [1.82, 2.24) is 14.5 Å². The summed E-state index contributed by atoms with van der Waals surface area (Å²) in [7, 11) is 6.71. The molecule has 0 aliphatic heterocycles. The van der Waals surface area contributed by atoms with Crippen LogP contribution in [-0.2, 0) is 18.9 Å². The number of methoxy groups -OCH3 is 1. The van der Waals surface area contributed by atoms with Crippen LogP contribution in [0, 0.1) is 0 Å². The van der Waals surface area contributed by atoms with Crippen LogP contribution in [0.4, 0.5) is 0 Å². The summed E-state index contributed by atoms with van der Waals surface area (Å²) >= 11 is 5.52. The molecule has 0 fully saturated rings. The van der Waals surface area contributed by atoms with Gasteiger partial charge in [-0.25, -0.2) is 4.68 Å². The molecule has 0 aromatic carbocycles. The number of nitrogens with zero attached hydrogens (tertiary/aromatic N) is 3. The highest BCUT2D eigenvalue weighted by molar-refractivity contribution is 8.11. The van der Waals surface area contributed by atoms with Gasteiger partial charge < -0.3 is 9.26 Å². The van der Waals surface area contributed by atoms with Crippen molar-refractivity contribution in [2.24, 2.45) is 7.05 Å². The van der Waals surface area contributed by atoms with E-state index in [2.05, 4.69) is 5.10 Å². The number of aryl methyl sites for hydroxylation is 1. The lowest BCUT2D eigenvalue weighted by Crippen LogP contribution is -2.22. The predicted molar refractivity (Wildman–Crippen MR) is 75.2 cm³/mol. The second kappa shape index (κ2) is 5.82. The minimum absolute atomic E-state index is 0.136. The van der Waals surface area contributed by atoms with Gasteiger partial charge in [-0.1, -0.05) is 6.92 Å². The Morgan fingerprint density at radius 3 is 2.61 bits per heavy atom. The van der Waals surface area contributed by atoms with Crippen LogP contribution in [0.25, 0.3) is 0 Å². The average molecular weight is 291 g/mol. The van der Waals surface area contributed by atoms with Gasteiger partial charge >= 0.3 is 5.56 Å². The van der Waals surface area contributed by atoms with E-state index in [1.165, 1.54) is 18.0 Å². The molecular formula is C10H18N3O3PS. The highest BCUT2D eigenvalue weighted by Gasteiger charge is 2.23. The molecule has 1 aromatic heterocycles. The first kappa shape index (κ1) is 15.1. The molecule has 1 unspecified atom stereocenters. The van der Waals surface area contributed by atoms with Crippen LogP contribution >= 0.6 is 6.42 Å². The summed E-state index contributed by atoms with van der Waals surface area (Å²) in [5, 5.41) is 3.92. The summed E-state index contributed by atoms with van der Waals surface area (Å²) in [4.78, 5) is 11.8. The maximum Gasteiger partial charge on any atom is 0.312 e. The lowest BCUT2D eigenvalue weighted by molar-refractivity contribution is 0.378. The van der Waals surface area contributed by atoms with Gasteiger partial charge in [0.1, 0.15) is 0 Å². The van der Waals surface area contributed by atoms with Gasteiger partial charge in [-0.05, 0) is 25.9 Å². The Morgan fingerprint density at radius 1 is 1.56 bits per heavy atom. The number of rotatable bonds is 5. The standard InChI is InChI=1S/C10H18N3O3PS/c1-6-17(18,12(2)3)16-8-7-11-13(4)10(14)9(8)15-5/h7H,6H2,1-5H3. The van der Waals surface area contributed by atoms with Crippen molar-refractivity contribution >= 4 is 18.2 Å². The fourth-order valence-electron chi connectivity index (χ4n) is 1.34. The smallest absolute Gasteiger partial charge is 0.312 e. The minimum Gasteiger partial charge on any atom is -0.488 e. The number of aromatic nitrogens is 2. The summed E-state index contributed by atoms with van der Waals surface area (Å²) < 4.78 is 14.0. The lowest BCUT2D eigenvalue weighted by atomic mass is 10.5. The van der Waals surface area contributed by atoms with Crippen LogP contribution in [0.1, 0.15) is 6.92 Å². The molecule has 0 radical (unpaired) electrons. The van der Waals surface area contributed by atoms with Crippen LogP contribution in [0.2, 0.25) is 0 Å². The molecular weight excluding hydrogens is 273 g/mol. The second-order valence-electron chi connectivity index (χ2n) is 3.86. The Balaban J connectivity index is 3.24. The number of ether oxygens (including phenoxy) is 1. The van der Waals surface area contributed by atoms with E-state index in [-0.39, 0.29) is 11.3 Å². The maximum atomic E-state index is 11.8. The Morgan fingerprint density at radius 2 is 2.17 bits per heavy atom. The summed E-state index contributed by atoms with van der Waals surface area (Å²) in [6.45, 7) is 1.96. The molecule has 102 valence electrons. The van der Waals surface area contributed by atoms with Crippen molar-refractivity contribution in [3.8, 4) is 11.5 Å². The summed E-state index contributed by atoms with van der Waals surface area (Å²) in [5.74, 6) is 0.441. The van der Waals surface area contributed by atoms with Crippen molar-refractivity contribution < 1.29 is 9.26 Å². The maximum absolute atomic E-state index is 11.8. The van der Waals surface area contributed by atoms with Gasteiger partial charge in [-0.3, -0.25) is 9.46 Å². The summed E-state index contributed by atoms with van der Waals surface area (Å²) in [5.41, 5.74) is -0.341. The molecule has 0 saturated heterocycles. The van der Waals surface area contributed by atoms with Gasteiger partial charge in [0.2, 0.25) is 5.75 Å². The molecule has 1 rings (SSSR count). The third-order valence-electron chi connectivity index (χ3n) is 2.51. The highest BCUT2D eigenvalue weighted by atomic mass is 32.4. The normalized spacial score (nSPS) is 14.3. The van der Waals surface area contributed by atoms with E-state index < -0.39 is 6.42 Å². The van der Waals surface area contributed by atoms with E-state index in [1.807, 2.05) is 25.7 Å². The van der Waals surface area contributed by atoms with Crippen molar-refractivity contribution in [3.63, 3.8) is 0 Å². The first-order chi connectivity index (χ1) is 8.35. The minimum atomic E-state index is -2.17. The molecule has 1 heterocycles. The van der Waals surface area contributed by atoms with E-state index >= 15 is 0 Å². The van der Waals surface area contributed by atoms with Gasteiger partial charge in [0.25, 0.3) is 0 Å². The van der Waals surface area contributed by atoms with Crippen molar-refractivity contribution in [2.75, 3.05) is 27.4 Å². The summed E-state index contributed by atoms with van der Waals surface area (Å²) in [6, 6.07) is 0. The fraction of sp³-hybridized carbons (Fsp3) is 0.600. The van der Waals surface area contributed by atoms with E-state index in [4.69, 9.17) is 21.1 Å². The molecule has 0 spiro atoms. The summed E-state index contributed by atoms with van der Waals surface area (Å²) in [6.07, 6.45) is -0.0237. The van der Waals surface area contributed by atoms with Crippen molar-refractivity contribution in [3.05, 3.63) is 16.6 Å². The quantitative estimate of drug-likeness (QED) is 0.756. The number of hydrogen-bond donors (Lipinski definition) is 0. The Bertz CT molecular complexity index is 530. The molecule has 0 amide bonds. The first-order valence-electron chi connectivity index (χ1n) is 5.42. The zero-order valence-corrected chi connectivity index (χ0v) is 12.9. The molecule has 1 atom stereocenters. The van der Waals surface area contributed by atoms with Crippen LogP contribution < -0.4 is 14.8 Å². The van der Waals surface area contributed by atoms with E-state index in [9.17, 15) is 4.79 Å². The van der Waals surface area contributed by atoms with Gasteiger partial charge in [-0.15, -0.1) is 0 Å². The van der Waals surface area contributed by atoms with Crippen LogP contribution in [0.15, 0.2) is 11.0 Å². The lowest BCUT2D eigenvalue weighted by Gasteiger charge is -2.28. The third kappa shape index (κ3) is 2.91. The predicted octanol–water partition coefficient (Wildman–Crippen LogP) is 1.06. The monoisotopic (exact) mass is 291 g/mol. The SMILES string of the molecule is CCP(=S)(Oc1cnn(C)c(=O)c1OC)N(C)C. The molecule has 0 N–H and O–H groups in total. The van der Waals surface area contributed by atoms with Crippen molar-refractivity contribution in [1.29, 1.82) is 0 Å². The van der Waals surface area contributed by atoms with Crippen LogP contribution in [-0.4, -0.2) is 41.8 Å². The molecule has 0 aliphatic rings. The van der Waals surface area contributed by atoms with E-state index in [1.54, 1.807) is 7.05 Å². The topological polar surface area (TPSA) is 56.6 Å². The Hall–Kier alpha value is -0.910. The first-order valence-corrected chi connectivity index (χ1v) is 8.28. The Labute approximate surface area is 112 Å². The van der Waals surface area contributed by atoms with Crippen LogP contribution in [0.3, 0.4) is 0 Å². The molecule has 6 nitrogen and oxygen atoms in total. The van der Waals surface area contributed by atoms with E-state index in [0.717, 1.165) is 0 Å². The largest absolute Gasteiger partial charge is 0.488 e. The zero-order chi connectivity index (χ0) is 13.9. The van der Waals surface area contributed by atoms with Gasteiger partial charge in [0.15, 0.2) is 12.2 Å². The molecule has 1 aromatic rings.